The van der Waals surface area contributed by atoms with Crippen molar-refractivity contribution < 1.29 is 9.53 Å². The molecular weight excluding hydrogens is 254 g/mol. The second-order valence-electron chi connectivity index (χ2n) is 5.50. The quantitative estimate of drug-likeness (QED) is 0.847. The average Bonchev–Trinajstić information content (AvgIpc) is 2.37. The highest BCUT2D eigenvalue weighted by atomic mass is 16.5. The highest BCUT2D eigenvalue weighted by Crippen LogP contribution is 2.16. The van der Waals surface area contributed by atoms with Gasteiger partial charge in [-0.05, 0) is 38.1 Å². The minimum absolute atomic E-state index is 0.0797. The molecule has 110 valence electrons. The van der Waals surface area contributed by atoms with Gasteiger partial charge in [0.1, 0.15) is 0 Å². The van der Waals surface area contributed by atoms with Crippen LogP contribution in [0.5, 0.6) is 0 Å². The molecule has 0 spiro atoms. The number of hydrogen-bond donors (Lipinski definition) is 1. The number of amides is 1. The van der Waals surface area contributed by atoms with Crippen LogP contribution in [0.2, 0.25) is 0 Å². The van der Waals surface area contributed by atoms with E-state index >= 15 is 0 Å². The van der Waals surface area contributed by atoms with Crippen molar-refractivity contribution in [3.63, 3.8) is 0 Å². The molecule has 1 heterocycles. The first-order valence-corrected chi connectivity index (χ1v) is 6.95. The zero-order chi connectivity index (χ0) is 14.7. The van der Waals surface area contributed by atoms with Crippen LogP contribution >= 0.6 is 0 Å². The Kier molecular flexibility index (Phi) is 4.62. The topological polar surface area (TPSA) is 58.8 Å². The molecule has 0 aliphatic carbocycles. The summed E-state index contributed by atoms with van der Waals surface area (Å²) in [4.78, 5) is 16.1. The van der Waals surface area contributed by atoms with Crippen molar-refractivity contribution in [1.29, 1.82) is 0 Å². The van der Waals surface area contributed by atoms with Crippen LogP contribution in [0, 0.1) is 0 Å². The van der Waals surface area contributed by atoms with E-state index in [9.17, 15) is 4.79 Å². The van der Waals surface area contributed by atoms with Crippen LogP contribution in [-0.2, 0) is 9.53 Å². The van der Waals surface area contributed by atoms with Gasteiger partial charge in [0.15, 0.2) is 0 Å². The third kappa shape index (κ3) is 3.71. The fourth-order valence-corrected chi connectivity index (χ4v) is 2.55. The molecule has 1 aromatic carbocycles. The van der Waals surface area contributed by atoms with Crippen LogP contribution in [0.4, 0.5) is 11.4 Å². The van der Waals surface area contributed by atoms with Gasteiger partial charge in [-0.2, -0.15) is 0 Å². The Labute approximate surface area is 120 Å². The molecular formula is C15H23N3O2. The third-order valence-electron chi connectivity index (χ3n) is 3.51. The molecule has 5 nitrogen and oxygen atoms in total. The van der Waals surface area contributed by atoms with E-state index in [2.05, 4.69) is 4.90 Å². The molecule has 0 bridgehead atoms. The van der Waals surface area contributed by atoms with Gasteiger partial charge in [0.25, 0.3) is 0 Å². The molecule has 1 aliphatic heterocycles. The van der Waals surface area contributed by atoms with Gasteiger partial charge in [0, 0.05) is 31.5 Å². The predicted octanol–water partition coefficient (Wildman–Crippen LogP) is 1.34. The summed E-state index contributed by atoms with van der Waals surface area (Å²) in [7, 11) is 1.79. The van der Waals surface area contributed by atoms with Gasteiger partial charge >= 0.3 is 0 Å². The number of morpholine rings is 1. The Morgan fingerprint density at radius 2 is 1.85 bits per heavy atom. The van der Waals surface area contributed by atoms with Gasteiger partial charge < -0.3 is 15.4 Å². The van der Waals surface area contributed by atoms with E-state index in [-0.39, 0.29) is 18.1 Å². The fourth-order valence-electron chi connectivity index (χ4n) is 2.55. The van der Waals surface area contributed by atoms with Crippen LogP contribution < -0.4 is 10.6 Å². The van der Waals surface area contributed by atoms with E-state index in [1.165, 1.54) is 0 Å². The molecule has 0 aromatic heterocycles. The first-order chi connectivity index (χ1) is 9.45. The second kappa shape index (κ2) is 6.24. The van der Waals surface area contributed by atoms with Crippen molar-refractivity contribution in [3.8, 4) is 0 Å². The number of hydrogen-bond acceptors (Lipinski definition) is 4. The lowest BCUT2D eigenvalue weighted by molar-refractivity contribution is -0.123. The zero-order valence-corrected chi connectivity index (χ0v) is 12.4. The van der Waals surface area contributed by atoms with Crippen molar-refractivity contribution in [2.45, 2.75) is 26.1 Å². The third-order valence-corrected chi connectivity index (χ3v) is 3.51. The molecule has 2 atom stereocenters. The largest absolute Gasteiger partial charge is 0.399 e. The number of anilines is 2. The lowest BCUT2D eigenvalue weighted by atomic mass is 10.2. The molecule has 5 heteroatoms. The first-order valence-electron chi connectivity index (χ1n) is 6.95. The maximum atomic E-state index is 12.3. The summed E-state index contributed by atoms with van der Waals surface area (Å²) in [6.45, 7) is 6.09. The fraction of sp³-hybridized carbons (Fsp3) is 0.533. The van der Waals surface area contributed by atoms with Gasteiger partial charge in [-0.15, -0.1) is 0 Å². The van der Waals surface area contributed by atoms with Crippen molar-refractivity contribution in [3.05, 3.63) is 24.3 Å². The highest BCUT2D eigenvalue weighted by molar-refractivity contribution is 5.94. The van der Waals surface area contributed by atoms with E-state index in [0.717, 1.165) is 18.8 Å². The van der Waals surface area contributed by atoms with E-state index in [1.54, 1.807) is 24.1 Å². The van der Waals surface area contributed by atoms with Crippen molar-refractivity contribution in [2.24, 2.45) is 0 Å². The molecule has 0 radical (unpaired) electrons. The maximum absolute atomic E-state index is 12.3. The second-order valence-corrected chi connectivity index (χ2v) is 5.50. The minimum atomic E-state index is 0.0797. The SMILES string of the molecule is CC1CN(CC(=O)N(C)c2ccc(N)cc2)CC(C)O1. The number of carbonyl (C=O) groups excluding carboxylic acids is 1. The van der Waals surface area contributed by atoms with E-state index in [4.69, 9.17) is 10.5 Å². The van der Waals surface area contributed by atoms with Gasteiger partial charge in [-0.1, -0.05) is 0 Å². The average molecular weight is 277 g/mol. The van der Waals surface area contributed by atoms with Crippen LogP contribution in [0.15, 0.2) is 24.3 Å². The molecule has 2 unspecified atom stereocenters. The molecule has 20 heavy (non-hydrogen) atoms. The van der Waals surface area contributed by atoms with E-state index in [1.807, 2.05) is 26.0 Å². The monoisotopic (exact) mass is 277 g/mol. The summed E-state index contributed by atoms with van der Waals surface area (Å²) in [5.74, 6) is 0.0797. The molecule has 0 saturated carbocycles. The number of nitrogen functional groups attached to an aromatic ring is 1. The number of rotatable bonds is 3. The summed E-state index contributed by atoms with van der Waals surface area (Å²) in [5.41, 5.74) is 7.22. The Hall–Kier alpha value is -1.59. The van der Waals surface area contributed by atoms with Gasteiger partial charge in [-0.25, -0.2) is 0 Å². The summed E-state index contributed by atoms with van der Waals surface area (Å²) in [5, 5.41) is 0. The molecule has 1 fully saturated rings. The Balaban J connectivity index is 1.95. The van der Waals surface area contributed by atoms with Gasteiger partial charge in [-0.3, -0.25) is 9.69 Å². The van der Waals surface area contributed by atoms with E-state index in [0.29, 0.717) is 12.2 Å². The summed E-state index contributed by atoms with van der Waals surface area (Å²) >= 11 is 0. The summed E-state index contributed by atoms with van der Waals surface area (Å²) in [6, 6.07) is 7.32. The number of nitrogens with zero attached hydrogens (tertiary/aromatic N) is 2. The lowest BCUT2D eigenvalue weighted by Crippen LogP contribution is -2.49. The van der Waals surface area contributed by atoms with Gasteiger partial charge in [0.05, 0.1) is 18.8 Å². The van der Waals surface area contributed by atoms with Crippen molar-refractivity contribution in [1.82, 2.24) is 4.90 Å². The van der Waals surface area contributed by atoms with Crippen molar-refractivity contribution >= 4 is 17.3 Å². The minimum Gasteiger partial charge on any atom is -0.399 e. The Morgan fingerprint density at radius 3 is 2.40 bits per heavy atom. The Bertz CT molecular complexity index is 451. The summed E-state index contributed by atoms with van der Waals surface area (Å²) < 4.78 is 5.68. The molecule has 1 aromatic rings. The first kappa shape index (κ1) is 14.8. The molecule has 2 N–H and O–H groups in total. The van der Waals surface area contributed by atoms with Crippen LogP contribution in [0.25, 0.3) is 0 Å². The van der Waals surface area contributed by atoms with Gasteiger partial charge in [0.2, 0.25) is 5.91 Å². The molecule has 2 rings (SSSR count). The number of likely N-dealkylation sites (N-methyl/N-ethyl adjacent to an activating group) is 1. The standard InChI is InChI=1S/C15H23N3O2/c1-11-8-18(9-12(2)20-11)10-15(19)17(3)14-6-4-13(16)5-7-14/h4-7,11-12H,8-10,16H2,1-3H3. The van der Waals surface area contributed by atoms with Crippen LogP contribution in [0.1, 0.15) is 13.8 Å². The molecule has 1 saturated heterocycles. The maximum Gasteiger partial charge on any atom is 0.240 e. The highest BCUT2D eigenvalue weighted by Gasteiger charge is 2.24. The number of carbonyl (C=O) groups is 1. The molecule has 1 aliphatic rings. The number of benzene rings is 1. The number of ether oxygens (including phenoxy) is 1. The lowest BCUT2D eigenvalue weighted by Gasteiger charge is -2.35. The van der Waals surface area contributed by atoms with Crippen LogP contribution in [-0.4, -0.2) is 49.7 Å². The Morgan fingerprint density at radius 1 is 1.30 bits per heavy atom. The smallest absolute Gasteiger partial charge is 0.240 e. The molecule has 1 amide bonds. The van der Waals surface area contributed by atoms with E-state index < -0.39 is 0 Å². The predicted molar refractivity (Wildman–Crippen MR) is 80.7 cm³/mol. The van der Waals surface area contributed by atoms with Crippen LogP contribution in [0.3, 0.4) is 0 Å². The summed E-state index contributed by atoms with van der Waals surface area (Å²) in [6.07, 6.45) is 0.349. The van der Waals surface area contributed by atoms with Crippen molar-refractivity contribution in [2.75, 3.05) is 37.3 Å². The number of nitrogens with two attached hydrogens (primary N) is 1. The zero-order valence-electron chi connectivity index (χ0n) is 12.4. The normalized spacial score (nSPS) is 23.6.